The summed E-state index contributed by atoms with van der Waals surface area (Å²) in [4.78, 5) is 14.0. The Kier molecular flexibility index (Phi) is 5.26. The monoisotopic (exact) mass is 213 g/mol. The summed E-state index contributed by atoms with van der Waals surface area (Å²) in [5.41, 5.74) is 0. The fourth-order valence-corrected chi connectivity index (χ4v) is 1.66. The quantitative estimate of drug-likeness (QED) is 0.615. The van der Waals surface area contributed by atoms with Gasteiger partial charge in [0.05, 0.1) is 13.2 Å². The molecule has 1 saturated carbocycles. The van der Waals surface area contributed by atoms with Crippen molar-refractivity contribution in [2.24, 2.45) is 5.92 Å². The minimum atomic E-state index is 0.374. The first-order valence-electron chi connectivity index (χ1n) is 5.94. The minimum Gasteiger partial charge on any atom is -0.383 e. The van der Waals surface area contributed by atoms with E-state index >= 15 is 0 Å². The molecule has 1 aliphatic carbocycles. The maximum atomic E-state index is 11.7. The van der Waals surface area contributed by atoms with Gasteiger partial charge in [-0.25, -0.2) is 0 Å². The van der Waals surface area contributed by atoms with Crippen LogP contribution in [0.3, 0.4) is 0 Å². The highest BCUT2D eigenvalue weighted by molar-refractivity contribution is 5.85. The molecule has 3 nitrogen and oxygen atoms in total. The molecule has 0 radical (unpaired) electrons. The van der Waals surface area contributed by atoms with Crippen molar-refractivity contribution in [2.75, 3.05) is 26.8 Å². The van der Waals surface area contributed by atoms with Crippen LogP contribution in [-0.2, 0) is 9.53 Å². The Morgan fingerprint density at radius 1 is 1.53 bits per heavy atom. The number of ether oxygens (including phenoxy) is 1. The van der Waals surface area contributed by atoms with E-state index in [1.807, 2.05) is 0 Å². The highest BCUT2D eigenvalue weighted by Crippen LogP contribution is 2.30. The summed E-state index contributed by atoms with van der Waals surface area (Å²) in [5, 5.41) is 0. The Hall–Kier alpha value is -0.410. The van der Waals surface area contributed by atoms with Crippen LogP contribution in [0, 0.1) is 5.92 Å². The van der Waals surface area contributed by atoms with Crippen LogP contribution in [0.2, 0.25) is 0 Å². The Bertz CT molecular complexity index is 202. The lowest BCUT2D eigenvalue weighted by atomic mass is 10.2. The minimum absolute atomic E-state index is 0.374. The average Bonchev–Trinajstić information content (AvgIpc) is 3.06. The highest BCUT2D eigenvalue weighted by atomic mass is 16.5. The zero-order valence-corrected chi connectivity index (χ0v) is 10.2. The number of carbonyl (C=O) groups excluding carboxylic acids is 1. The maximum Gasteiger partial charge on any atom is 0.149 e. The summed E-state index contributed by atoms with van der Waals surface area (Å²) in [6, 6.07) is 0.475. The first-order valence-corrected chi connectivity index (χ1v) is 5.94. The molecule has 0 N–H and O–H groups in total. The second-order valence-electron chi connectivity index (χ2n) is 4.46. The second kappa shape index (κ2) is 6.23. The summed E-state index contributed by atoms with van der Waals surface area (Å²) < 4.78 is 5.07. The van der Waals surface area contributed by atoms with Gasteiger partial charge in [0.15, 0.2) is 0 Å². The highest BCUT2D eigenvalue weighted by Gasteiger charge is 2.30. The van der Waals surface area contributed by atoms with Crippen LogP contribution in [0.5, 0.6) is 0 Å². The molecule has 0 bridgehead atoms. The molecule has 0 saturated heterocycles. The number of carbonyl (C=O) groups is 1. The van der Waals surface area contributed by atoms with Gasteiger partial charge in [-0.3, -0.25) is 9.69 Å². The van der Waals surface area contributed by atoms with Gasteiger partial charge in [-0.05, 0) is 26.2 Å². The first-order chi connectivity index (χ1) is 7.19. The molecule has 15 heavy (non-hydrogen) atoms. The Balaban J connectivity index is 2.35. The van der Waals surface area contributed by atoms with Gasteiger partial charge < -0.3 is 4.74 Å². The van der Waals surface area contributed by atoms with Gasteiger partial charge in [0, 0.05) is 25.6 Å². The number of ketones is 1. The summed E-state index contributed by atoms with van der Waals surface area (Å²) in [6.07, 6.45) is 3.30. The second-order valence-corrected chi connectivity index (χ2v) is 4.46. The molecule has 0 heterocycles. The van der Waals surface area contributed by atoms with E-state index in [4.69, 9.17) is 4.74 Å². The van der Waals surface area contributed by atoms with Crippen molar-refractivity contribution in [3.05, 3.63) is 0 Å². The first kappa shape index (κ1) is 12.7. The predicted molar refractivity (Wildman–Crippen MR) is 60.9 cm³/mol. The van der Waals surface area contributed by atoms with Crippen molar-refractivity contribution in [3.63, 3.8) is 0 Å². The van der Waals surface area contributed by atoms with E-state index in [9.17, 15) is 4.79 Å². The third kappa shape index (κ3) is 4.31. The molecule has 0 aromatic rings. The van der Waals surface area contributed by atoms with Gasteiger partial charge in [0.25, 0.3) is 0 Å². The number of hydrogen-bond acceptors (Lipinski definition) is 3. The average molecular weight is 213 g/mol. The zero-order valence-electron chi connectivity index (χ0n) is 10.2. The van der Waals surface area contributed by atoms with Crippen molar-refractivity contribution in [3.8, 4) is 0 Å². The van der Waals surface area contributed by atoms with E-state index < -0.39 is 0 Å². The van der Waals surface area contributed by atoms with E-state index in [1.165, 1.54) is 0 Å². The molecule has 1 fully saturated rings. The van der Waals surface area contributed by atoms with Crippen LogP contribution < -0.4 is 0 Å². The maximum absolute atomic E-state index is 11.7. The Morgan fingerprint density at radius 3 is 2.67 bits per heavy atom. The standard InChI is InChI=1S/C12H23NO2/c1-4-10(2)13(7-8-15-3)9-12(14)11-5-6-11/h10-11H,4-9H2,1-3H3. The van der Waals surface area contributed by atoms with Crippen LogP contribution in [0.15, 0.2) is 0 Å². The lowest BCUT2D eigenvalue weighted by Crippen LogP contribution is -2.39. The van der Waals surface area contributed by atoms with Crippen LogP contribution in [0.1, 0.15) is 33.1 Å². The van der Waals surface area contributed by atoms with Gasteiger partial charge in [0.2, 0.25) is 0 Å². The molecule has 0 spiro atoms. The van der Waals surface area contributed by atoms with Gasteiger partial charge in [-0.1, -0.05) is 6.92 Å². The van der Waals surface area contributed by atoms with Crippen molar-refractivity contribution in [1.29, 1.82) is 0 Å². The third-order valence-corrected chi connectivity index (χ3v) is 3.19. The van der Waals surface area contributed by atoms with E-state index in [-0.39, 0.29) is 0 Å². The molecule has 0 aromatic heterocycles. The largest absolute Gasteiger partial charge is 0.383 e. The van der Waals surface area contributed by atoms with Crippen LogP contribution in [0.4, 0.5) is 0 Å². The number of Topliss-reactive ketones (excluding diaryl/α,β-unsaturated/α-hetero) is 1. The van der Waals surface area contributed by atoms with Crippen LogP contribution in [0.25, 0.3) is 0 Å². The number of methoxy groups -OCH3 is 1. The molecule has 0 aromatic carbocycles. The molecule has 1 aliphatic rings. The zero-order chi connectivity index (χ0) is 11.3. The van der Waals surface area contributed by atoms with Gasteiger partial charge in [0.1, 0.15) is 5.78 Å². The molecule has 0 amide bonds. The van der Waals surface area contributed by atoms with Gasteiger partial charge in [-0.15, -0.1) is 0 Å². The molecule has 0 aliphatic heterocycles. The number of hydrogen-bond donors (Lipinski definition) is 0. The third-order valence-electron chi connectivity index (χ3n) is 3.19. The summed E-state index contributed by atoms with van der Waals surface area (Å²) in [5.74, 6) is 0.797. The molecular weight excluding hydrogens is 190 g/mol. The Morgan fingerprint density at radius 2 is 2.20 bits per heavy atom. The summed E-state index contributed by atoms with van der Waals surface area (Å²) in [6.45, 7) is 6.52. The smallest absolute Gasteiger partial charge is 0.149 e. The molecular formula is C12H23NO2. The van der Waals surface area contributed by atoms with Crippen molar-refractivity contribution in [1.82, 2.24) is 4.90 Å². The summed E-state index contributed by atoms with van der Waals surface area (Å²) >= 11 is 0. The van der Waals surface area contributed by atoms with E-state index in [0.717, 1.165) is 25.8 Å². The van der Waals surface area contributed by atoms with Gasteiger partial charge >= 0.3 is 0 Å². The van der Waals surface area contributed by atoms with Crippen molar-refractivity contribution >= 4 is 5.78 Å². The fourth-order valence-electron chi connectivity index (χ4n) is 1.66. The van der Waals surface area contributed by atoms with E-state index in [0.29, 0.717) is 30.9 Å². The Labute approximate surface area is 92.8 Å². The molecule has 1 atom stereocenters. The van der Waals surface area contributed by atoms with Crippen LogP contribution >= 0.6 is 0 Å². The fraction of sp³-hybridized carbons (Fsp3) is 0.917. The SMILES string of the molecule is CCC(C)N(CCOC)CC(=O)C1CC1. The topological polar surface area (TPSA) is 29.5 Å². The number of nitrogens with zero attached hydrogens (tertiary/aromatic N) is 1. The normalized spacial score (nSPS) is 18.1. The van der Waals surface area contributed by atoms with Gasteiger partial charge in [-0.2, -0.15) is 0 Å². The van der Waals surface area contributed by atoms with Crippen LogP contribution in [-0.4, -0.2) is 43.5 Å². The molecule has 88 valence electrons. The molecule has 1 rings (SSSR count). The summed E-state index contributed by atoms with van der Waals surface area (Å²) in [7, 11) is 1.71. The van der Waals surface area contributed by atoms with Crippen molar-refractivity contribution < 1.29 is 9.53 Å². The van der Waals surface area contributed by atoms with E-state index in [1.54, 1.807) is 7.11 Å². The van der Waals surface area contributed by atoms with Crippen molar-refractivity contribution in [2.45, 2.75) is 39.2 Å². The number of rotatable bonds is 8. The lowest BCUT2D eigenvalue weighted by molar-refractivity contribution is -0.122. The lowest BCUT2D eigenvalue weighted by Gasteiger charge is -2.27. The molecule has 1 unspecified atom stereocenters. The molecule has 3 heteroatoms. The predicted octanol–water partition coefficient (Wildman–Crippen LogP) is 1.71. The van der Waals surface area contributed by atoms with E-state index in [2.05, 4.69) is 18.7 Å².